The number of fused-ring (bicyclic) bond motifs is 1. The Balaban J connectivity index is 1.99. The van der Waals surface area contributed by atoms with E-state index in [1.807, 2.05) is 12.1 Å². The van der Waals surface area contributed by atoms with E-state index in [4.69, 9.17) is 5.21 Å². The van der Waals surface area contributed by atoms with Crippen LogP contribution in [0.15, 0.2) is 42.5 Å². The highest BCUT2D eigenvalue weighted by Crippen LogP contribution is 2.23. The lowest BCUT2D eigenvalue weighted by Gasteiger charge is -2.05. The van der Waals surface area contributed by atoms with Crippen LogP contribution in [0, 0.1) is 0 Å². The summed E-state index contributed by atoms with van der Waals surface area (Å²) in [5.74, 6) is 0.704. The maximum absolute atomic E-state index is 11.4. The molecule has 0 aliphatic heterocycles. The number of rotatable bonds is 3. The third-order valence-corrected chi connectivity index (χ3v) is 3.70. The summed E-state index contributed by atoms with van der Waals surface area (Å²) in [5.41, 5.74) is 5.81. The van der Waals surface area contributed by atoms with E-state index in [9.17, 15) is 4.79 Å². The van der Waals surface area contributed by atoms with E-state index in [2.05, 4.69) is 35.9 Å². The van der Waals surface area contributed by atoms with Crippen LogP contribution in [0.25, 0.3) is 22.4 Å². The van der Waals surface area contributed by atoms with Gasteiger partial charge in [0, 0.05) is 11.1 Å². The summed E-state index contributed by atoms with van der Waals surface area (Å²) in [6, 6.07) is 13.3. The van der Waals surface area contributed by atoms with Crippen molar-refractivity contribution in [2.45, 2.75) is 19.8 Å². The van der Waals surface area contributed by atoms with Gasteiger partial charge >= 0.3 is 0 Å². The molecule has 0 aliphatic rings. The van der Waals surface area contributed by atoms with Gasteiger partial charge in [-0.1, -0.05) is 38.1 Å². The quantitative estimate of drug-likeness (QED) is 0.511. The van der Waals surface area contributed by atoms with E-state index >= 15 is 0 Å². The maximum atomic E-state index is 11.4. The number of hydrogen-bond donors (Lipinski definition) is 3. The van der Waals surface area contributed by atoms with Crippen molar-refractivity contribution < 1.29 is 10.0 Å². The van der Waals surface area contributed by atoms with Gasteiger partial charge < -0.3 is 4.98 Å². The number of nitrogens with one attached hydrogen (secondary N) is 2. The molecular weight excluding hydrogens is 278 g/mol. The van der Waals surface area contributed by atoms with Gasteiger partial charge in [0.15, 0.2) is 0 Å². The highest BCUT2D eigenvalue weighted by Gasteiger charge is 2.09. The van der Waals surface area contributed by atoms with Crippen LogP contribution in [0.5, 0.6) is 0 Å². The standard InChI is InChI=1S/C17H17N3O2/c1-10(2)11-3-5-12(6-4-11)16-18-14-8-7-13(17(21)20-22)9-15(14)19-16/h3-10,22H,1-2H3,(H,18,19)(H,20,21). The lowest BCUT2D eigenvalue weighted by Crippen LogP contribution is -2.18. The van der Waals surface area contributed by atoms with Crippen LogP contribution in [-0.4, -0.2) is 21.1 Å². The van der Waals surface area contributed by atoms with Gasteiger partial charge in [-0.05, 0) is 29.7 Å². The Labute approximate surface area is 128 Å². The molecule has 0 saturated carbocycles. The minimum Gasteiger partial charge on any atom is -0.338 e. The number of H-pyrrole nitrogens is 1. The average molecular weight is 295 g/mol. The number of aromatic nitrogens is 2. The van der Waals surface area contributed by atoms with Crippen LogP contribution in [0.4, 0.5) is 0 Å². The fraction of sp³-hybridized carbons (Fsp3) is 0.176. The van der Waals surface area contributed by atoms with Crippen molar-refractivity contribution in [2.24, 2.45) is 0 Å². The normalized spacial score (nSPS) is 11.1. The molecule has 0 radical (unpaired) electrons. The minimum absolute atomic E-state index is 0.375. The zero-order chi connectivity index (χ0) is 15.7. The second-order valence-electron chi connectivity index (χ2n) is 5.53. The number of hydroxylamine groups is 1. The molecule has 3 rings (SSSR count). The number of aromatic amines is 1. The zero-order valence-corrected chi connectivity index (χ0v) is 12.4. The molecule has 1 amide bonds. The zero-order valence-electron chi connectivity index (χ0n) is 12.4. The van der Waals surface area contributed by atoms with Crippen molar-refractivity contribution in [3.63, 3.8) is 0 Å². The van der Waals surface area contributed by atoms with Gasteiger partial charge in [0.25, 0.3) is 5.91 Å². The van der Waals surface area contributed by atoms with Crippen molar-refractivity contribution in [1.29, 1.82) is 0 Å². The Bertz CT molecular complexity index is 820. The van der Waals surface area contributed by atoms with E-state index in [1.165, 1.54) is 5.56 Å². The number of amides is 1. The highest BCUT2D eigenvalue weighted by atomic mass is 16.5. The van der Waals surface area contributed by atoms with Crippen LogP contribution in [-0.2, 0) is 0 Å². The molecular formula is C17H17N3O2. The van der Waals surface area contributed by atoms with Crippen molar-refractivity contribution in [1.82, 2.24) is 15.4 Å². The highest BCUT2D eigenvalue weighted by molar-refractivity contribution is 5.97. The van der Waals surface area contributed by atoms with Crippen LogP contribution in [0.3, 0.4) is 0 Å². The summed E-state index contributed by atoms with van der Waals surface area (Å²) in [4.78, 5) is 19.2. The molecule has 0 spiro atoms. The van der Waals surface area contributed by atoms with Crippen molar-refractivity contribution in [3.05, 3.63) is 53.6 Å². The average Bonchev–Trinajstić information content (AvgIpc) is 2.97. The van der Waals surface area contributed by atoms with Gasteiger partial charge in [-0.25, -0.2) is 10.5 Å². The van der Waals surface area contributed by atoms with E-state index < -0.39 is 5.91 Å². The maximum Gasteiger partial charge on any atom is 0.274 e. The first-order chi connectivity index (χ1) is 10.6. The number of nitrogens with zero attached hydrogens (tertiary/aromatic N) is 1. The molecule has 5 nitrogen and oxygen atoms in total. The molecule has 0 unspecified atom stereocenters. The molecule has 2 aromatic carbocycles. The molecule has 1 heterocycles. The van der Waals surface area contributed by atoms with E-state index in [0.717, 1.165) is 22.4 Å². The first kappa shape index (κ1) is 14.3. The predicted molar refractivity (Wildman–Crippen MR) is 84.9 cm³/mol. The SMILES string of the molecule is CC(C)c1ccc(-c2nc3ccc(C(=O)NO)cc3[nH]2)cc1. The summed E-state index contributed by atoms with van der Waals surface area (Å²) in [6.45, 7) is 4.31. The lowest BCUT2D eigenvalue weighted by molar-refractivity contribution is 0.0706. The topological polar surface area (TPSA) is 78.0 Å². The van der Waals surface area contributed by atoms with Gasteiger partial charge in [0.2, 0.25) is 0 Å². The number of carbonyl (C=O) groups is 1. The van der Waals surface area contributed by atoms with Crippen molar-refractivity contribution in [2.75, 3.05) is 0 Å². The van der Waals surface area contributed by atoms with Crippen molar-refractivity contribution in [3.8, 4) is 11.4 Å². The molecule has 0 saturated heterocycles. The van der Waals surface area contributed by atoms with E-state index in [1.54, 1.807) is 23.7 Å². The van der Waals surface area contributed by atoms with Gasteiger partial charge in [0.05, 0.1) is 11.0 Å². The summed E-state index contributed by atoms with van der Waals surface area (Å²) >= 11 is 0. The molecule has 22 heavy (non-hydrogen) atoms. The second kappa shape index (κ2) is 5.61. The van der Waals surface area contributed by atoms with Gasteiger partial charge in [-0.15, -0.1) is 0 Å². The minimum atomic E-state index is -0.542. The Morgan fingerprint density at radius 2 is 1.91 bits per heavy atom. The third-order valence-electron chi connectivity index (χ3n) is 3.70. The smallest absolute Gasteiger partial charge is 0.274 e. The first-order valence-corrected chi connectivity index (χ1v) is 7.13. The van der Waals surface area contributed by atoms with Crippen LogP contribution in [0.1, 0.15) is 35.7 Å². The monoisotopic (exact) mass is 295 g/mol. The Kier molecular flexibility index (Phi) is 3.65. The fourth-order valence-electron chi connectivity index (χ4n) is 2.38. The Morgan fingerprint density at radius 1 is 1.18 bits per heavy atom. The number of carbonyl (C=O) groups excluding carboxylic acids is 1. The first-order valence-electron chi connectivity index (χ1n) is 7.13. The van der Waals surface area contributed by atoms with Gasteiger partial charge in [-0.3, -0.25) is 10.0 Å². The largest absolute Gasteiger partial charge is 0.338 e. The summed E-state index contributed by atoms with van der Waals surface area (Å²) in [6.07, 6.45) is 0. The van der Waals surface area contributed by atoms with Gasteiger partial charge in [0.1, 0.15) is 5.82 Å². The van der Waals surface area contributed by atoms with E-state index in [-0.39, 0.29) is 0 Å². The fourth-order valence-corrected chi connectivity index (χ4v) is 2.38. The Hall–Kier alpha value is -2.66. The molecule has 0 aliphatic carbocycles. The molecule has 0 bridgehead atoms. The van der Waals surface area contributed by atoms with Crippen molar-refractivity contribution >= 4 is 16.9 Å². The van der Waals surface area contributed by atoms with E-state index in [0.29, 0.717) is 11.5 Å². The molecule has 3 aromatic rings. The number of benzene rings is 2. The predicted octanol–water partition coefficient (Wildman–Crippen LogP) is 3.47. The molecule has 3 N–H and O–H groups in total. The second-order valence-corrected chi connectivity index (χ2v) is 5.53. The van der Waals surface area contributed by atoms with Crippen LogP contribution < -0.4 is 5.48 Å². The molecule has 112 valence electrons. The Morgan fingerprint density at radius 3 is 2.55 bits per heavy atom. The lowest BCUT2D eigenvalue weighted by atomic mass is 10.0. The third kappa shape index (κ3) is 2.58. The molecule has 5 heteroatoms. The number of imidazole rings is 1. The molecule has 0 atom stereocenters. The molecule has 0 fully saturated rings. The summed E-state index contributed by atoms with van der Waals surface area (Å²) in [5, 5.41) is 8.69. The summed E-state index contributed by atoms with van der Waals surface area (Å²) in [7, 11) is 0. The van der Waals surface area contributed by atoms with Crippen LogP contribution in [0.2, 0.25) is 0 Å². The number of hydrogen-bond acceptors (Lipinski definition) is 3. The molecule has 1 aromatic heterocycles. The van der Waals surface area contributed by atoms with Gasteiger partial charge in [-0.2, -0.15) is 0 Å². The van der Waals surface area contributed by atoms with Crippen LogP contribution >= 0.6 is 0 Å². The summed E-state index contributed by atoms with van der Waals surface area (Å²) < 4.78 is 0.